The third kappa shape index (κ3) is 3.71. The third-order valence-electron chi connectivity index (χ3n) is 3.66. The topological polar surface area (TPSA) is 38.7 Å². The summed E-state index contributed by atoms with van der Waals surface area (Å²) < 4.78 is 11.7. The molecule has 0 aromatic heterocycles. The fraction of sp³-hybridized carbons (Fsp3) is 0.625. The lowest BCUT2D eigenvalue weighted by Gasteiger charge is -2.20. The van der Waals surface area contributed by atoms with Crippen molar-refractivity contribution < 1.29 is 14.6 Å². The van der Waals surface area contributed by atoms with Crippen molar-refractivity contribution in [1.82, 2.24) is 0 Å². The Morgan fingerprint density at radius 1 is 1.47 bits per heavy atom. The van der Waals surface area contributed by atoms with E-state index in [0.29, 0.717) is 6.61 Å². The lowest BCUT2D eigenvalue weighted by atomic mass is 10.1. The molecular formula is C16H24O3. The molecule has 1 aliphatic heterocycles. The molecule has 0 bridgehead atoms. The van der Waals surface area contributed by atoms with Gasteiger partial charge in [0, 0.05) is 0 Å². The second kappa shape index (κ2) is 5.51. The molecule has 2 rings (SSSR count). The minimum Gasteiger partial charge on any atom is -0.491 e. The molecule has 106 valence electrons. The van der Waals surface area contributed by atoms with Gasteiger partial charge in [-0.1, -0.05) is 6.07 Å². The standard InChI is InChI=1S/C16H24O3/c1-11-9-13(12(2)17)5-6-15(11)18-10-14-7-8-16(3,4)19-14/h5-6,9,12,14,17H,7-8,10H2,1-4H3/t12-,14?/m1/s1. The van der Waals surface area contributed by atoms with Crippen molar-refractivity contribution >= 4 is 0 Å². The summed E-state index contributed by atoms with van der Waals surface area (Å²) in [5, 5.41) is 9.54. The Bertz CT molecular complexity index is 438. The van der Waals surface area contributed by atoms with Gasteiger partial charge < -0.3 is 14.6 Å². The molecule has 0 saturated carbocycles. The fourth-order valence-corrected chi connectivity index (χ4v) is 2.47. The quantitative estimate of drug-likeness (QED) is 0.906. The molecule has 0 aliphatic carbocycles. The predicted octanol–water partition coefficient (Wildman–Crippen LogP) is 3.38. The Morgan fingerprint density at radius 3 is 2.74 bits per heavy atom. The number of rotatable bonds is 4. The van der Waals surface area contributed by atoms with Crippen LogP contribution in [-0.4, -0.2) is 23.4 Å². The highest BCUT2D eigenvalue weighted by molar-refractivity contribution is 5.36. The van der Waals surface area contributed by atoms with E-state index in [1.165, 1.54) is 0 Å². The Kier molecular flexibility index (Phi) is 4.16. The van der Waals surface area contributed by atoms with Gasteiger partial charge >= 0.3 is 0 Å². The second-order valence-electron chi connectivity index (χ2n) is 6.05. The molecule has 1 fully saturated rings. The number of aryl methyl sites for hydroxylation is 1. The van der Waals surface area contributed by atoms with Crippen molar-refractivity contribution in [1.29, 1.82) is 0 Å². The summed E-state index contributed by atoms with van der Waals surface area (Å²) in [5.74, 6) is 0.873. The molecule has 19 heavy (non-hydrogen) atoms. The van der Waals surface area contributed by atoms with Crippen LogP contribution < -0.4 is 4.74 Å². The number of aliphatic hydroxyl groups is 1. The third-order valence-corrected chi connectivity index (χ3v) is 3.66. The summed E-state index contributed by atoms with van der Waals surface area (Å²) in [6, 6.07) is 5.81. The summed E-state index contributed by atoms with van der Waals surface area (Å²) in [6.07, 6.45) is 1.89. The van der Waals surface area contributed by atoms with Crippen molar-refractivity contribution in [2.75, 3.05) is 6.61 Å². The first kappa shape index (κ1) is 14.4. The zero-order valence-electron chi connectivity index (χ0n) is 12.3. The minimum atomic E-state index is -0.438. The molecule has 3 nitrogen and oxygen atoms in total. The molecule has 3 heteroatoms. The van der Waals surface area contributed by atoms with Gasteiger partial charge in [0.05, 0.1) is 17.8 Å². The molecule has 1 aromatic rings. The maximum Gasteiger partial charge on any atom is 0.122 e. The summed E-state index contributed by atoms with van der Waals surface area (Å²) in [5.41, 5.74) is 1.96. The van der Waals surface area contributed by atoms with Crippen molar-refractivity contribution in [3.05, 3.63) is 29.3 Å². The second-order valence-corrected chi connectivity index (χ2v) is 6.05. The minimum absolute atomic E-state index is 0.0146. The van der Waals surface area contributed by atoms with Crippen molar-refractivity contribution in [3.63, 3.8) is 0 Å². The Labute approximate surface area is 115 Å². The van der Waals surface area contributed by atoms with Crippen LogP contribution >= 0.6 is 0 Å². The van der Waals surface area contributed by atoms with Gasteiger partial charge in [0.2, 0.25) is 0 Å². The molecule has 1 heterocycles. The van der Waals surface area contributed by atoms with E-state index in [0.717, 1.165) is 29.7 Å². The van der Waals surface area contributed by atoms with Gasteiger partial charge in [-0.25, -0.2) is 0 Å². The van der Waals surface area contributed by atoms with E-state index in [4.69, 9.17) is 9.47 Å². The van der Waals surface area contributed by atoms with E-state index in [-0.39, 0.29) is 11.7 Å². The van der Waals surface area contributed by atoms with Crippen LogP contribution in [0, 0.1) is 6.92 Å². The summed E-state index contributed by atoms with van der Waals surface area (Å²) in [7, 11) is 0. The normalized spacial score (nSPS) is 23.3. The van der Waals surface area contributed by atoms with Crippen LogP contribution in [-0.2, 0) is 4.74 Å². The van der Waals surface area contributed by atoms with E-state index in [2.05, 4.69) is 13.8 Å². The van der Waals surface area contributed by atoms with Gasteiger partial charge in [0.15, 0.2) is 0 Å². The largest absolute Gasteiger partial charge is 0.491 e. The molecule has 0 radical (unpaired) electrons. The average Bonchev–Trinajstić information content (AvgIpc) is 2.67. The molecule has 0 spiro atoms. The highest BCUT2D eigenvalue weighted by Crippen LogP contribution is 2.30. The van der Waals surface area contributed by atoms with Gasteiger partial charge in [-0.3, -0.25) is 0 Å². The van der Waals surface area contributed by atoms with E-state index < -0.39 is 6.10 Å². The van der Waals surface area contributed by atoms with E-state index in [9.17, 15) is 5.11 Å². The SMILES string of the molecule is Cc1cc([C@@H](C)O)ccc1OCC1CCC(C)(C)O1. The molecule has 1 unspecified atom stereocenters. The van der Waals surface area contributed by atoms with Crippen LogP contribution in [0.15, 0.2) is 18.2 Å². The van der Waals surface area contributed by atoms with Crippen LogP contribution in [0.4, 0.5) is 0 Å². The average molecular weight is 264 g/mol. The predicted molar refractivity (Wildman–Crippen MR) is 75.5 cm³/mol. The van der Waals surface area contributed by atoms with Gasteiger partial charge in [0.25, 0.3) is 0 Å². The van der Waals surface area contributed by atoms with Crippen molar-refractivity contribution in [2.45, 2.75) is 58.3 Å². The van der Waals surface area contributed by atoms with Crippen LogP contribution in [0.1, 0.15) is 50.8 Å². The number of aliphatic hydroxyl groups excluding tert-OH is 1. The van der Waals surface area contributed by atoms with Gasteiger partial charge in [0.1, 0.15) is 12.4 Å². The molecular weight excluding hydrogens is 240 g/mol. The summed E-state index contributed by atoms with van der Waals surface area (Å²) >= 11 is 0. The van der Waals surface area contributed by atoms with Crippen LogP contribution in [0.5, 0.6) is 5.75 Å². The van der Waals surface area contributed by atoms with Gasteiger partial charge in [-0.05, 0) is 63.8 Å². The first-order valence-corrected chi connectivity index (χ1v) is 6.96. The van der Waals surface area contributed by atoms with E-state index >= 15 is 0 Å². The molecule has 1 saturated heterocycles. The van der Waals surface area contributed by atoms with E-state index in [1.807, 2.05) is 25.1 Å². The van der Waals surface area contributed by atoms with E-state index in [1.54, 1.807) is 6.92 Å². The Hall–Kier alpha value is -1.06. The lowest BCUT2D eigenvalue weighted by Crippen LogP contribution is -2.24. The summed E-state index contributed by atoms with van der Waals surface area (Å²) in [6.45, 7) is 8.61. The number of benzene rings is 1. The molecule has 1 aromatic carbocycles. The fourth-order valence-electron chi connectivity index (χ4n) is 2.47. The first-order chi connectivity index (χ1) is 8.87. The Balaban J connectivity index is 1.93. The number of hydrogen-bond donors (Lipinski definition) is 1. The Morgan fingerprint density at radius 2 is 2.21 bits per heavy atom. The molecule has 1 N–H and O–H groups in total. The van der Waals surface area contributed by atoms with Crippen LogP contribution in [0.2, 0.25) is 0 Å². The number of ether oxygens (including phenoxy) is 2. The highest BCUT2D eigenvalue weighted by Gasteiger charge is 2.31. The maximum absolute atomic E-state index is 9.54. The molecule has 0 amide bonds. The first-order valence-electron chi connectivity index (χ1n) is 6.96. The maximum atomic E-state index is 9.54. The monoisotopic (exact) mass is 264 g/mol. The van der Waals surface area contributed by atoms with Crippen LogP contribution in [0.3, 0.4) is 0 Å². The summed E-state index contributed by atoms with van der Waals surface area (Å²) in [4.78, 5) is 0. The highest BCUT2D eigenvalue weighted by atomic mass is 16.6. The zero-order valence-corrected chi connectivity index (χ0v) is 12.3. The molecule has 1 aliphatic rings. The molecule has 2 atom stereocenters. The van der Waals surface area contributed by atoms with Crippen molar-refractivity contribution in [3.8, 4) is 5.75 Å². The van der Waals surface area contributed by atoms with Crippen molar-refractivity contribution in [2.24, 2.45) is 0 Å². The number of hydrogen-bond acceptors (Lipinski definition) is 3. The van der Waals surface area contributed by atoms with Crippen LogP contribution in [0.25, 0.3) is 0 Å². The smallest absolute Gasteiger partial charge is 0.122 e. The van der Waals surface area contributed by atoms with Gasteiger partial charge in [-0.2, -0.15) is 0 Å². The zero-order chi connectivity index (χ0) is 14.0. The van der Waals surface area contributed by atoms with Gasteiger partial charge in [-0.15, -0.1) is 0 Å². The lowest BCUT2D eigenvalue weighted by molar-refractivity contribution is -0.0327.